The number of hydrogen-bond acceptors (Lipinski definition) is 4. The van der Waals surface area contributed by atoms with E-state index in [0.29, 0.717) is 18.4 Å². The van der Waals surface area contributed by atoms with E-state index in [1.54, 1.807) is 12.1 Å². The minimum absolute atomic E-state index is 0. The number of hydrogen-bond donors (Lipinski definition) is 3. The van der Waals surface area contributed by atoms with Gasteiger partial charge in [-0.1, -0.05) is 32.9 Å². The summed E-state index contributed by atoms with van der Waals surface area (Å²) >= 11 is 0. The lowest BCUT2D eigenvalue weighted by Crippen LogP contribution is -2.47. The first kappa shape index (κ1) is 26.1. The Bertz CT molecular complexity index is 778. The third kappa shape index (κ3) is 8.39. The molecule has 1 fully saturated rings. The normalized spacial score (nSPS) is 20.7. The van der Waals surface area contributed by atoms with Crippen molar-refractivity contribution in [2.45, 2.75) is 58.1 Å². The SMILES string of the molecule is CCNC(=NCc1cccc(S(N)(=O)=O)c1)NCC1CCCOC1C(C)(C)C.I. The van der Waals surface area contributed by atoms with E-state index in [4.69, 9.17) is 9.88 Å². The van der Waals surface area contributed by atoms with Crippen molar-refractivity contribution in [1.29, 1.82) is 0 Å². The zero-order valence-electron chi connectivity index (χ0n) is 17.8. The molecule has 7 nitrogen and oxygen atoms in total. The van der Waals surface area contributed by atoms with Crippen LogP contribution in [0.15, 0.2) is 34.2 Å². The van der Waals surface area contributed by atoms with Crippen LogP contribution >= 0.6 is 24.0 Å². The Morgan fingerprint density at radius 2 is 2.03 bits per heavy atom. The van der Waals surface area contributed by atoms with E-state index < -0.39 is 10.0 Å². The molecule has 0 bridgehead atoms. The Morgan fingerprint density at radius 1 is 1.31 bits per heavy atom. The topological polar surface area (TPSA) is 106 Å². The Balaban J connectivity index is 0.00000420. The average molecular weight is 538 g/mol. The van der Waals surface area contributed by atoms with Gasteiger partial charge >= 0.3 is 0 Å². The predicted molar refractivity (Wildman–Crippen MR) is 128 cm³/mol. The molecule has 1 aliphatic rings. The fraction of sp³-hybridized carbons (Fsp3) is 0.650. The Labute approximate surface area is 192 Å². The molecule has 29 heavy (non-hydrogen) atoms. The van der Waals surface area contributed by atoms with E-state index in [1.807, 2.05) is 13.0 Å². The number of aliphatic imine (C=N–C) groups is 1. The molecule has 1 aromatic rings. The highest BCUT2D eigenvalue weighted by Gasteiger charge is 2.35. The van der Waals surface area contributed by atoms with Crippen LogP contribution in [0.1, 0.15) is 46.1 Å². The van der Waals surface area contributed by atoms with Crippen LogP contribution < -0.4 is 15.8 Å². The van der Waals surface area contributed by atoms with Crippen molar-refractivity contribution in [3.8, 4) is 0 Å². The van der Waals surface area contributed by atoms with E-state index in [0.717, 1.165) is 38.1 Å². The number of benzene rings is 1. The summed E-state index contributed by atoms with van der Waals surface area (Å²) in [6, 6.07) is 6.57. The number of halogens is 1. The molecular formula is C20H35IN4O3S. The fourth-order valence-corrected chi connectivity index (χ4v) is 4.15. The van der Waals surface area contributed by atoms with Gasteiger partial charge in [0.2, 0.25) is 10.0 Å². The van der Waals surface area contributed by atoms with Crippen LogP contribution in [0.5, 0.6) is 0 Å². The fourth-order valence-electron chi connectivity index (χ4n) is 3.57. The third-order valence-corrected chi connectivity index (χ3v) is 5.73. The lowest BCUT2D eigenvalue weighted by molar-refractivity contribution is -0.0835. The molecule has 0 amide bonds. The molecule has 1 saturated heterocycles. The van der Waals surface area contributed by atoms with Crippen molar-refractivity contribution < 1.29 is 13.2 Å². The van der Waals surface area contributed by atoms with E-state index in [1.165, 1.54) is 6.07 Å². The molecule has 2 unspecified atom stereocenters. The number of nitrogens with zero attached hydrogens (tertiary/aromatic N) is 1. The van der Waals surface area contributed by atoms with E-state index in [-0.39, 0.29) is 40.4 Å². The number of rotatable bonds is 6. The second-order valence-electron chi connectivity index (χ2n) is 8.33. The maximum absolute atomic E-state index is 11.5. The first-order valence-corrected chi connectivity index (χ1v) is 11.4. The zero-order valence-corrected chi connectivity index (χ0v) is 20.9. The van der Waals surface area contributed by atoms with E-state index >= 15 is 0 Å². The monoisotopic (exact) mass is 538 g/mol. The van der Waals surface area contributed by atoms with Gasteiger partial charge in [0.25, 0.3) is 0 Å². The van der Waals surface area contributed by atoms with Crippen molar-refractivity contribution in [2.75, 3.05) is 19.7 Å². The lowest BCUT2D eigenvalue weighted by Gasteiger charge is -2.40. The molecule has 2 rings (SSSR count). The van der Waals surface area contributed by atoms with E-state index in [2.05, 4.69) is 36.4 Å². The van der Waals surface area contributed by atoms with Crippen LogP contribution in [0.25, 0.3) is 0 Å². The number of sulfonamides is 1. The van der Waals surface area contributed by atoms with Gasteiger partial charge in [-0.15, -0.1) is 24.0 Å². The largest absolute Gasteiger partial charge is 0.377 e. The molecule has 0 spiro atoms. The van der Waals surface area contributed by atoms with Crippen molar-refractivity contribution in [1.82, 2.24) is 10.6 Å². The Hall–Kier alpha value is -0.910. The van der Waals surface area contributed by atoms with E-state index in [9.17, 15) is 8.42 Å². The molecule has 0 aliphatic carbocycles. The maximum Gasteiger partial charge on any atom is 0.238 e. The molecule has 1 heterocycles. The molecule has 2 atom stereocenters. The second kappa shape index (κ2) is 11.5. The highest BCUT2D eigenvalue weighted by atomic mass is 127. The summed E-state index contributed by atoms with van der Waals surface area (Å²) in [5, 5.41) is 11.9. The molecule has 166 valence electrons. The zero-order chi connectivity index (χ0) is 20.8. The second-order valence-corrected chi connectivity index (χ2v) is 9.89. The highest BCUT2D eigenvalue weighted by Crippen LogP contribution is 2.33. The van der Waals surface area contributed by atoms with Crippen LogP contribution in [-0.4, -0.2) is 40.2 Å². The number of nitrogens with two attached hydrogens (primary N) is 1. The van der Waals surface area contributed by atoms with Gasteiger partial charge in [-0.05, 0) is 42.9 Å². The van der Waals surface area contributed by atoms with Gasteiger partial charge in [0.05, 0.1) is 17.5 Å². The van der Waals surface area contributed by atoms with Gasteiger partial charge < -0.3 is 15.4 Å². The lowest BCUT2D eigenvalue weighted by atomic mass is 9.78. The Morgan fingerprint density at radius 3 is 2.66 bits per heavy atom. The van der Waals surface area contributed by atoms with Crippen molar-refractivity contribution in [2.24, 2.45) is 21.5 Å². The summed E-state index contributed by atoms with van der Waals surface area (Å²) in [7, 11) is -3.71. The summed E-state index contributed by atoms with van der Waals surface area (Å²) in [6.07, 6.45) is 2.42. The maximum atomic E-state index is 11.5. The molecule has 9 heteroatoms. The third-order valence-electron chi connectivity index (χ3n) is 4.82. The number of nitrogens with one attached hydrogen (secondary N) is 2. The van der Waals surface area contributed by atoms with Crippen LogP contribution in [0.4, 0.5) is 0 Å². The number of ether oxygens (including phenoxy) is 1. The predicted octanol–water partition coefficient (Wildman–Crippen LogP) is 2.85. The first-order chi connectivity index (χ1) is 13.1. The number of guanidine groups is 1. The molecule has 0 radical (unpaired) electrons. The minimum atomic E-state index is -3.71. The molecule has 1 aromatic carbocycles. The molecule has 0 aromatic heterocycles. The number of primary sulfonamides is 1. The smallest absolute Gasteiger partial charge is 0.238 e. The summed E-state index contributed by atoms with van der Waals surface area (Å²) in [5.41, 5.74) is 0.883. The van der Waals surface area contributed by atoms with Gasteiger partial charge in [0.1, 0.15) is 0 Å². The van der Waals surface area contributed by atoms with Crippen LogP contribution in [0.2, 0.25) is 0 Å². The standard InChI is InChI=1S/C20H34N4O3S.HI/c1-5-22-19(23-13-15-8-6-10-17(12-15)28(21,25)26)24-14-16-9-7-11-27-18(16)20(2,3)4;/h6,8,10,12,16,18H,5,7,9,11,13-14H2,1-4H3,(H2,21,25,26)(H2,22,23,24);1H. The van der Waals surface area contributed by atoms with Gasteiger partial charge in [-0.2, -0.15) is 0 Å². The molecule has 4 N–H and O–H groups in total. The van der Waals surface area contributed by atoms with Crippen LogP contribution in [0.3, 0.4) is 0 Å². The van der Waals surface area contributed by atoms with Crippen molar-refractivity contribution in [3.63, 3.8) is 0 Å². The molecule has 0 saturated carbocycles. The summed E-state index contributed by atoms with van der Waals surface area (Å²) in [6.45, 7) is 11.4. The summed E-state index contributed by atoms with van der Waals surface area (Å²) < 4.78 is 29.1. The van der Waals surface area contributed by atoms with Gasteiger partial charge in [-0.25, -0.2) is 18.5 Å². The van der Waals surface area contributed by atoms with Crippen molar-refractivity contribution >= 4 is 40.0 Å². The summed E-state index contributed by atoms with van der Waals surface area (Å²) in [4.78, 5) is 4.70. The van der Waals surface area contributed by atoms with Crippen molar-refractivity contribution in [3.05, 3.63) is 29.8 Å². The first-order valence-electron chi connectivity index (χ1n) is 9.87. The minimum Gasteiger partial charge on any atom is -0.377 e. The van der Waals surface area contributed by atoms with Gasteiger partial charge in [-0.3, -0.25) is 0 Å². The quantitative estimate of drug-likeness (QED) is 0.294. The molecule has 1 aliphatic heterocycles. The van der Waals surface area contributed by atoms with Gasteiger partial charge in [0, 0.05) is 25.6 Å². The molecular weight excluding hydrogens is 503 g/mol. The van der Waals surface area contributed by atoms with Gasteiger partial charge in [0.15, 0.2) is 5.96 Å². The average Bonchev–Trinajstić information content (AvgIpc) is 2.63. The van der Waals surface area contributed by atoms with Crippen LogP contribution in [0, 0.1) is 11.3 Å². The van der Waals surface area contributed by atoms with Crippen LogP contribution in [-0.2, 0) is 21.3 Å². The highest BCUT2D eigenvalue weighted by molar-refractivity contribution is 14.0. The Kier molecular flexibility index (Phi) is 10.3. The summed E-state index contributed by atoms with van der Waals surface area (Å²) in [5.74, 6) is 1.13.